The molecule has 2 N–H and O–H groups in total. The highest BCUT2D eigenvalue weighted by Gasteiger charge is 2.36. The molecule has 1 aliphatic rings. The summed E-state index contributed by atoms with van der Waals surface area (Å²) in [6.45, 7) is 3.14. The smallest absolute Gasteiger partial charge is 0.338 e. The highest BCUT2D eigenvalue weighted by Crippen LogP contribution is 2.18. The zero-order chi connectivity index (χ0) is 24.7. The number of carbonyl (C=O) groups is 5. The Bertz CT molecular complexity index is 1100. The van der Waals surface area contributed by atoms with Crippen LogP contribution in [0.15, 0.2) is 48.5 Å². The minimum atomic E-state index is -0.804. The molecule has 1 atom stereocenters. The number of hydrogen-bond donors (Lipinski definition) is 2. The van der Waals surface area contributed by atoms with Crippen LogP contribution in [0.25, 0.3) is 0 Å². The van der Waals surface area contributed by atoms with Crippen LogP contribution < -0.4 is 10.7 Å². The summed E-state index contributed by atoms with van der Waals surface area (Å²) in [6.07, 6.45) is -0.135. The molecule has 0 aromatic heterocycles. The minimum absolute atomic E-state index is 0.0494. The van der Waals surface area contributed by atoms with Gasteiger partial charge in [0.2, 0.25) is 5.91 Å². The zero-order valence-corrected chi connectivity index (χ0v) is 18.8. The Balaban J connectivity index is 1.46. The van der Waals surface area contributed by atoms with Gasteiger partial charge in [-0.05, 0) is 49.7 Å². The number of rotatable bonds is 8. The van der Waals surface area contributed by atoms with Crippen molar-refractivity contribution in [3.05, 3.63) is 65.2 Å². The summed E-state index contributed by atoms with van der Waals surface area (Å²) in [4.78, 5) is 60.7. The lowest BCUT2D eigenvalue weighted by Crippen LogP contribution is -2.43. The first-order chi connectivity index (χ1) is 16.3. The summed E-state index contributed by atoms with van der Waals surface area (Å²) >= 11 is 0. The molecule has 10 nitrogen and oxygen atoms in total. The van der Waals surface area contributed by atoms with Crippen LogP contribution in [-0.2, 0) is 23.9 Å². The lowest BCUT2D eigenvalue weighted by Gasteiger charge is -2.18. The van der Waals surface area contributed by atoms with E-state index in [1.54, 1.807) is 38.1 Å². The Labute approximate surface area is 196 Å². The molecular formula is C24H25N3O7. The maximum atomic E-state index is 12.4. The molecule has 3 rings (SSSR count). The van der Waals surface area contributed by atoms with Gasteiger partial charge in [0.05, 0.1) is 24.6 Å². The number of carbonyl (C=O) groups excluding carboxylic acids is 5. The number of ether oxygens (including phenoxy) is 2. The molecule has 1 aliphatic heterocycles. The Morgan fingerprint density at radius 1 is 1.03 bits per heavy atom. The van der Waals surface area contributed by atoms with Crippen LogP contribution >= 0.6 is 0 Å². The molecule has 1 heterocycles. The highest BCUT2D eigenvalue weighted by molar-refractivity contribution is 5.98. The van der Waals surface area contributed by atoms with Gasteiger partial charge < -0.3 is 14.8 Å². The number of nitrogens with one attached hydrogen (secondary N) is 2. The van der Waals surface area contributed by atoms with Gasteiger partial charge >= 0.3 is 11.9 Å². The van der Waals surface area contributed by atoms with Crippen LogP contribution in [0.5, 0.6) is 0 Å². The van der Waals surface area contributed by atoms with Crippen molar-refractivity contribution < 1.29 is 33.4 Å². The third kappa shape index (κ3) is 6.18. The molecule has 0 spiro atoms. The van der Waals surface area contributed by atoms with E-state index in [4.69, 9.17) is 9.47 Å². The van der Waals surface area contributed by atoms with Crippen molar-refractivity contribution in [1.29, 1.82) is 0 Å². The summed E-state index contributed by atoms with van der Waals surface area (Å²) < 4.78 is 9.93. The lowest BCUT2D eigenvalue weighted by atomic mass is 10.1. The Morgan fingerprint density at radius 2 is 1.74 bits per heavy atom. The van der Waals surface area contributed by atoms with E-state index in [2.05, 4.69) is 10.7 Å². The maximum absolute atomic E-state index is 12.4. The van der Waals surface area contributed by atoms with Gasteiger partial charge in [-0.15, -0.1) is 0 Å². The van der Waals surface area contributed by atoms with E-state index in [1.807, 2.05) is 0 Å². The molecule has 1 saturated heterocycles. The van der Waals surface area contributed by atoms with Gasteiger partial charge in [0, 0.05) is 17.7 Å². The second-order valence-electron chi connectivity index (χ2n) is 7.61. The largest absolute Gasteiger partial charge is 0.462 e. The summed E-state index contributed by atoms with van der Waals surface area (Å²) in [5.74, 6) is -3.44. The number of nitrogens with zero attached hydrogens (tertiary/aromatic N) is 1. The molecule has 1 fully saturated rings. The fourth-order valence-electron chi connectivity index (χ4n) is 3.34. The van der Waals surface area contributed by atoms with Gasteiger partial charge in [-0.25, -0.2) is 4.79 Å². The van der Waals surface area contributed by atoms with Gasteiger partial charge in [0.1, 0.15) is 0 Å². The Morgan fingerprint density at radius 3 is 2.41 bits per heavy atom. The van der Waals surface area contributed by atoms with Gasteiger partial charge in [-0.1, -0.05) is 18.2 Å². The Hall–Kier alpha value is -4.21. The number of anilines is 1. The van der Waals surface area contributed by atoms with Crippen LogP contribution in [0.2, 0.25) is 0 Å². The van der Waals surface area contributed by atoms with Gasteiger partial charge in [-0.3, -0.25) is 29.6 Å². The molecule has 0 saturated carbocycles. The molecule has 2 aromatic rings. The number of aryl methyl sites for hydroxylation is 1. The third-order valence-electron chi connectivity index (χ3n) is 5.11. The molecule has 178 valence electrons. The van der Waals surface area contributed by atoms with E-state index < -0.39 is 42.2 Å². The molecule has 10 heteroatoms. The number of hydrazine groups is 1. The lowest BCUT2D eigenvalue weighted by molar-refractivity contribution is -0.151. The van der Waals surface area contributed by atoms with Crippen LogP contribution in [-0.4, -0.2) is 54.4 Å². The Kier molecular flexibility index (Phi) is 7.96. The second kappa shape index (κ2) is 11.1. The van der Waals surface area contributed by atoms with E-state index in [0.717, 1.165) is 10.6 Å². The molecule has 0 radical (unpaired) electrons. The van der Waals surface area contributed by atoms with Gasteiger partial charge in [0.15, 0.2) is 6.61 Å². The topological polar surface area (TPSA) is 131 Å². The highest BCUT2D eigenvalue weighted by atomic mass is 16.5. The first kappa shape index (κ1) is 24.4. The van der Waals surface area contributed by atoms with Crippen LogP contribution in [0.3, 0.4) is 0 Å². The van der Waals surface area contributed by atoms with Crippen molar-refractivity contribution in [2.24, 2.45) is 5.92 Å². The number of hydrogen-bond acceptors (Lipinski definition) is 7. The minimum Gasteiger partial charge on any atom is -0.462 e. The molecule has 0 unspecified atom stereocenters. The summed E-state index contributed by atoms with van der Waals surface area (Å²) in [7, 11) is 0. The van der Waals surface area contributed by atoms with Crippen molar-refractivity contribution in [2.45, 2.75) is 20.3 Å². The first-order valence-corrected chi connectivity index (χ1v) is 10.7. The number of esters is 2. The standard InChI is InChI=1S/C24H25N3O7/c1-3-33-23(31)16-8-10-18(11-9-16)25-20(28)14-34-24(32)17-12-21(29)27(13-17)26-22(30)19-7-5-4-6-15(19)2/h4-11,17H,3,12-14H2,1-2H3,(H,25,28)(H,26,30)/t17-/m0/s1. The molecule has 3 amide bonds. The first-order valence-electron chi connectivity index (χ1n) is 10.7. The van der Waals surface area contributed by atoms with E-state index in [1.165, 1.54) is 24.3 Å². The number of benzene rings is 2. The van der Waals surface area contributed by atoms with Crippen LogP contribution in [0, 0.1) is 12.8 Å². The molecular weight excluding hydrogens is 442 g/mol. The predicted octanol–water partition coefficient (Wildman–Crippen LogP) is 1.85. The molecule has 0 aliphatic carbocycles. The van der Waals surface area contributed by atoms with Crippen molar-refractivity contribution in [3.8, 4) is 0 Å². The van der Waals surface area contributed by atoms with E-state index in [9.17, 15) is 24.0 Å². The normalized spacial score (nSPS) is 14.9. The van der Waals surface area contributed by atoms with Gasteiger partial charge in [0.25, 0.3) is 11.8 Å². The van der Waals surface area contributed by atoms with Crippen molar-refractivity contribution in [3.63, 3.8) is 0 Å². The van der Waals surface area contributed by atoms with E-state index in [-0.39, 0.29) is 19.6 Å². The van der Waals surface area contributed by atoms with E-state index in [0.29, 0.717) is 16.8 Å². The van der Waals surface area contributed by atoms with Crippen molar-refractivity contribution in [1.82, 2.24) is 10.4 Å². The SMILES string of the molecule is CCOC(=O)c1ccc(NC(=O)COC(=O)[C@H]2CC(=O)N(NC(=O)c3ccccc3C)C2)cc1. The molecule has 2 aromatic carbocycles. The quantitative estimate of drug-likeness (QED) is 0.567. The van der Waals surface area contributed by atoms with E-state index >= 15 is 0 Å². The predicted molar refractivity (Wildman–Crippen MR) is 120 cm³/mol. The number of amides is 3. The molecule has 0 bridgehead atoms. The second-order valence-corrected chi connectivity index (χ2v) is 7.61. The average Bonchev–Trinajstić information content (AvgIpc) is 3.18. The van der Waals surface area contributed by atoms with Gasteiger partial charge in [-0.2, -0.15) is 0 Å². The van der Waals surface area contributed by atoms with Crippen molar-refractivity contribution in [2.75, 3.05) is 25.1 Å². The fourth-order valence-corrected chi connectivity index (χ4v) is 3.34. The fraction of sp³-hybridized carbons (Fsp3) is 0.292. The molecule has 34 heavy (non-hydrogen) atoms. The maximum Gasteiger partial charge on any atom is 0.338 e. The summed E-state index contributed by atoms with van der Waals surface area (Å²) in [5.41, 5.74) is 4.45. The third-order valence-corrected chi connectivity index (χ3v) is 5.11. The summed E-state index contributed by atoms with van der Waals surface area (Å²) in [5, 5.41) is 3.64. The summed E-state index contributed by atoms with van der Waals surface area (Å²) in [6, 6.07) is 13.0. The average molecular weight is 467 g/mol. The van der Waals surface area contributed by atoms with Crippen molar-refractivity contribution >= 4 is 35.3 Å². The van der Waals surface area contributed by atoms with Crippen LogP contribution in [0.4, 0.5) is 5.69 Å². The monoisotopic (exact) mass is 467 g/mol. The van der Waals surface area contributed by atoms with Crippen LogP contribution in [0.1, 0.15) is 39.6 Å². The zero-order valence-electron chi connectivity index (χ0n) is 18.8.